The average molecular weight is 434 g/mol. The highest BCUT2D eigenvalue weighted by Crippen LogP contribution is 2.45. The van der Waals surface area contributed by atoms with Gasteiger partial charge in [0.05, 0.1) is 30.6 Å². The van der Waals surface area contributed by atoms with E-state index < -0.39 is 28.7 Å². The lowest BCUT2D eigenvalue weighted by molar-refractivity contribution is -0.384. The Labute approximate surface area is 174 Å². The predicted octanol–water partition coefficient (Wildman–Crippen LogP) is 2.66. The number of rotatable bonds is 7. The smallest absolute Gasteiger partial charge is 0.341 e. The Balaban J connectivity index is 1.74. The summed E-state index contributed by atoms with van der Waals surface area (Å²) in [4.78, 5) is 47.7. The third-order valence-electron chi connectivity index (χ3n) is 4.58. The number of non-ortho nitro benzene ring substituents is 1. The predicted molar refractivity (Wildman–Crippen MR) is 106 cm³/mol. The monoisotopic (exact) mass is 434 g/mol. The lowest BCUT2D eigenvalue weighted by atomic mass is 9.99. The number of carbonyl (C=O) groups excluding carboxylic acids is 3. The number of nitro benzene ring substituents is 1. The number of benzene rings is 1. The Kier molecular flexibility index (Phi) is 6.31. The van der Waals surface area contributed by atoms with Crippen molar-refractivity contribution < 1.29 is 33.5 Å². The fraction of sp³-hybridized carbons (Fsp3) is 0.316. The van der Waals surface area contributed by atoms with Gasteiger partial charge in [-0.2, -0.15) is 0 Å². The summed E-state index contributed by atoms with van der Waals surface area (Å²) >= 11 is 1.21. The minimum atomic E-state index is -0.658. The molecule has 0 radical (unpaired) electrons. The molecule has 1 heterocycles. The maximum absolute atomic E-state index is 12.4. The number of methoxy groups -OCH3 is 2. The number of aryl methyl sites for hydroxylation is 1. The van der Waals surface area contributed by atoms with Crippen LogP contribution in [-0.4, -0.2) is 43.6 Å². The van der Waals surface area contributed by atoms with Crippen molar-refractivity contribution in [1.29, 1.82) is 0 Å². The number of ether oxygens (including phenoxy) is 3. The molecule has 0 aliphatic heterocycles. The van der Waals surface area contributed by atoms with E-state index in [2.05, 4.69) is 5.32 Å². The van der Waals surface area contributed by atoms with Crippen LogP contribution >= 0.6 is 11.3 Å². The third kappa shape index (κ3) is 4.25. The van der Waals surface area contributed by atoms with E-state index in [-0.39, 0.29) is 28.6 Å². The molecule has 10 nitrogen and oxygen atoms in total. The van der Waals surface area contributed by atoms with Crippen molar-refractivity contribution in [2.75, 3.05) is 26.1 Å². The zero-order chi connectivity index (χ0) is 21.8. The maximum Gasteiger partial charge on any atom is 0.341 e. The van der Waals surface area contributed by atoms with Gasteiger partial charge in [-0.3, -0.25) is 19.7 Å². The molecule has 30 heavy (non-hydrogen) atoms. The van der Waals surface area contributed by atoms with Gasteiger partial charge in [0.1, 0.15) is 10.8 Å². The van der Waals surface area contributed by atoms with Crippen LogP contribution in [0.5, 0.6) is 5.75 Å². The van der Waals surface area contributed by atoms with Crippen LogP contribution in [-0.2, 0) is 25.5 Å². The van der Waals surface area contributed by atoms with Crippen molar-refractivity contribution in [1.82, 2.24) is 0 Å². The summed E-state index contributed by atoms with van der Waals surface area (Å²) < 4.78 is 15.0. The summed E-state index contributed by atoms with van der Waals surface area (Å²) in [6.45, 7) is -0.374. The second-order valence-electron chi connectivity index (χ2n) is 6.34. The molecule has 0 fully saturated rings. The van der Waals surface area contributed by atoms with E-state index in [0.717, 1.165) is 4.88 Å². The molecule has 1 atom stereocenters. The van der Waals surface area contributed by atoms with E-state index in [1.165, 1.54) is 49.8 Å². The number of thiophene rings is 1. The highest BCUT2D eigenvalue weighted by molar-refractivity contribution is 7.17. The van der Waals surface area contributed by atoms with Gasteiger partial charge in [-0.25, -0.2) is 4.79 Å². The molecular weight excluding hydrogens is 416 g/mol. The second-order valence-corrected chi connectivity index (χ2v) is 7.44. The molecule has 11 heteroatoms. The third-order valence-corrected chi connectivity index (χ3v) is 5.76. The van der Waals surface area contributed by atoms with Gasteiger partial charge >= 0.3 is 11.9 Å². The first-order valence-electron chi connectivity index (χ1n) is 8.84. The van der Waals surface area contributed by atoms with Crippen LogP contribution in [0.15, 0.2) is 24.3 Å². The number of hydrogen-bond donors (Lipinski definition) is 1. The zero-order valence-corrected chi connectivity index (χ0v) is 16.9. The first kappa shape index (κ1) is 21.2. The Morgan fingerprint density at radius 2 is 1.90 bits per heavy atom. The summed E-state index contributed by atoms with van der Waals surface area (Å²) in [6.07, 6.45) is 1.11. The molecule has 0 spiro atoms. The van der Waals surface area contributed by atoms with Gasteiger partial charge in [0.15, 0.2) is 6.61 Å². The molecule has 0 saturated carbocycles. The maximum atomic E-state index is 12.4. The Morgan fingerprint density at radius 3 is 2.50 bits per heavy atom. The van der Waals surface area contributed by atoms with Crippen molar-refractivity contribution in [2.45, 2.75) is 18.8 Å². The molecule has 1 aliphatic rings. The minimum absolute atomic E-state index is 0.0946. The standard InChI is InChI=1S/C19H18N2O8S/c1-27-18(23)12-7-8-13-15(12)16(19(24)28-2)17(30-13)20-14(22)9-29-11-5-3-10(4-6-11)21(25)26/h3-6,12H,7-9H2,1-2H3,(H,20,22). The molecule has 1 aromatic heterocycles. The molecular formula is C19H18N2O8S. The second kappa shape index (κ2) is 8.91. The summed E-state index contributed by atoms with van der Waals surface area (Å²) in [5, 5.41) is 13.6. The van der Waals surface area contributed by atoms with Crippen LogP contribution in [0.25, 0.3) is 0 Å². The van der Waals surface area contributed by atoms with Crippen LogP contribution in [0.4, 0.5) is 10.7 Å². The van der Waals surface area contributed by atoms with Crippen molar-refractivity contribution >= 4 is 39.9 Å². The van der Waals surface area contributed by atoms with Gasteiger partial charge in [-0.05, 0) is 30.5 Å². The fourth-order valence-electron chi connectivity index (χ4n) is 3.21. The molecule has 2 aromatic rings. The molecule has 0 saturated heterocycles. The lowest BCUT2D eigenvalue weighted by Gasteiger charge is -2.12. The molecule has 1 amide bonds. The van der Waals surface area contributed by atoms with Gasteiger partial charge < -0.3 is 19.5 Å². The number of nitrogens with one attached hydrogen (secondary N) is 1. The molecule has 1 aliphatic carbocycles. The number of carbonyl (C=O) groups is 3. The van der Waals surface area contributed by atoms with Gasteiger partial charge in [-0.1, -0.05) is 0 Å². The normalized spacial score (nSPS) is 14.5. The van der Waals surface area contributed by atoms with Crippen LogP contribution < -0.4 is 10.1 Å². The van der Waals surface area contributed by atoms with Gasteiger partial charge in [0.2, 0.25) is 0 Å². The topological polar surface area (TPSA) is 134 Å². The van der Waals surface area contributed by atoms with Crippen molar-refractivity contribution in [3.8, 4) is 5.75 Å². The molecule has 158 valence electrons. The van der Waals surface area contributed by atoms with E-state index in [0.29, 0.717) is 18.4 Å². The van der Waals surface area contributed by atoms with Crippen LogP contribution in [0.3, 0.4) is 0 Å². The number of fused-ring (bicyclic) bond motifs is 1. The summed E-state index contributed by atoms with van der Waals surface area (Å²) in [5.74, 6) is -1.94. The molecule has 3 rings (SSSR count). The van der Waals surface area contributed by atoms with Crippen LogP contribution in [0.1, 0.15) is 33.1 Å². The number of hydrogen-bond acceptors (Lipinski definition) is 9. The SMILES string of the molecule is COC(=O)c1c(NC(=O)COc2ccc([N+](=O)[O-])cc2)sc2c1C(C(=O)OC)CC2. The van der Waals surface area contributed by atoms with Crippen molar-refractivity contribution in [2.24, 2.45) is 0 Å². The molecule has 1 aromatic carbocycles. The number of anilines is 1. The zero-order valence-electron chi connectivity index (χ0n) is 16.1. The van der Waals surface area contributed by atoms with Gasteiger partial charge in [0.25, 0.3) is 11.6 Å². The molecule has 1 unspecified atom stereocenters. The van der Waals surface area contributed by atoms with Crippen LogP contribution in [0, 0.1) is 10.1 Å². The van der Waals surface area contributed by atoms with Gasteiger partial charge in [0, 0.05) is 17.0 Å². The number of nitro groups is 1. The Hall–Kier alpha value is -3.47. The average Bonchev–Trinajstić information content (AvgIpc) is 3.30. The minimum Gasteiger partial charge on any atom is -0.484 e. The first-order valence-corrected chi connectivity index (χ1v) is 9.66. The lowest BCUT2D eigenvalue weighted by Crippen LogP contribution is -2.22. The summed E-state index contributed by atoms with van der Waals surface area (Å²) in [5.41, 5.74) is 0.585. The van der Waals surface area contributed by atoms with Crippen molar-refractivity contribution in [3.05, 3.63) is 50.4 Å². The quantitative estimate of drug-likeness (QED) is 0.399. The Bertz CT molecular complexity index is 999. The number of esters is 2. The van der Waals surface area contributed by atoms with Crippen molar-refractivity contribution in [3.63, 3.8) is 0 Å². The largest absolute Gasteiger partial charge is 0.484 e. The molecule has 0 bridgehead atoms. The van der Waals surface area contributed by atoms with E-state index in [1.807, 2.05) is 0 Å². The van der Waals surface area contributed by atoms with E-state index in [4.69, 9.17) is 14.2 Å². The molecule has 1 N–H and O–H groups in total. The first-order chi connectivity index (χ1) is 14.3. The highest BCUT2D eigenvalue weighted by atomic mass is 32.1. The van der Waals surface area contributed by atoms with Gasteiger partial charge in [-0.15, -0.1) is 11.3 Å². The fourth-order valence-corrected chi connectivity index (χ4v) is 4.49. The number of nitrogens with zero attached hydrogens (tertiary/aromatic N) is 1. The van der Waals surface area contributed by atoms with E-state index in [9.17, 15) is 24.5 Å². The van der Waals surface area contributed by atoms with E-state index >= 15 is 0 Å². The summed E-state index contributed by atoms with van der Waals surface area (Å²) in [7, 11) is 2.50. The van der Waals surface area contributed by atoms with E-state index in [1.54, 1.807) is 0 Å². The summed E-state index contributed by atoms with van der Waals surface area (Å²) in [6, 6.07) is 5.29. The van der Waals surface area contributed by atoms with Crippen LogP contribution in [0.2, 0.25) is 0 Å². The highest BCUT2D eigenvalue weighted by Gasteiger charge is 2.38. The Morgan fingerprint density at radius 1 is 1.20 bits per heavy atom. The number of amides is 1.